The lowest BCUT2D eigenvalue weighted by Crippen LogP contribution is -1.95. The first-order chi connectivity index (χ1) is 3.18. The Bertz CT molecular complexity index is 98.6. The molecule has 0 heterocycles. The van der Waals surface area contributed by atoms with Gasteiger partial charge in [0.15, 0.2) is 0 Å². The molecule has 0 aromatic carbocycles. The number of carboxylic acid groups (broad SMARTS) is 1. The van der Waals surface area contributed by atoms with Gasteiger partial charge in [0, 0.05) is 28.6 Å². The highest BCUT2D eigenvalue weighted by Gasteiger charge is 1.96. The minimum Gasteiger partial charge on any atom is -0.478 e. The molecule has 0 aromatic heterocycles. The van der Waals surface area contributed by atoms with E-state index in [4.69, 9.17) is 5.11 Å². The molecule has 0 saturated carbocycles. The van der Waals surface area contributed by atoms with Crippen LogP contribution in [0.15, 0.2) is 12.2 Å². The van der Waals surface area contributed by atoms with Crippen molar-refractivity contribution in [1.82, 2.24) is 0 Å². The molecule has 1 N–H and O–H groups in total. The van der Waals surface area contributed by atoms with Gasteiger partial charge in [0.2, 0.25) is 0 Å². The van der Waals surface area contributed by atoms with E-state index < -0.39 is 5.97 Å². The third-order valence-corrected chi connectivity index (χ3v) is 0.729. The zero-order chi connectivity index (χ0) is 5.86. The molecular weight excluding hydrogens is 116 g/mol. The number of hydrogen-bond acceptors (Lipinski definition) is 1. The van der Waals surface area contributed by atoms with E-state index in [9.17, 15) is 4.79 Å². The summed E-state index contributed by atoms with van der Waals surface area (Å²) in [6, 6.07) is 0. The predicted octanol–water partition coefficient (Wildman–Crippen LogP) is 0.656. The zero-order valence-electron chi connectivity index (χ0n) is 4.98. The van der Waals surface area contributed by atoms with Crippen LogP contribution >= 0.6 is 0 Å². The van der Waals surface area contributed by atoms with Crippen LogP contribution in [-0.2, 0) is 4.79 Å². The molecule has 8 heavy (non-hydrogen) atoms. The molecule has 0 spiro atoms. The highest BCUT2D eigenvalue weighted by Crippen LogP contribution is 1.93. The standard InChI is InChI=1S/C5H8O2.Mg/c1-3-4(2)5(6)7;/h2-3H2,1H3,(H,6,7);. The molecule has 0 saturated heterocycles. The molecule has 0 aliphatic rings. The van der Waals surface area contributed by atoms with Crippen molar-refractivity contribution >= 4 is 29.0 Å². The van der Waals surface area contributed by atoms with E-state index in [1.165, 1.54) is 0 Å². The maximum atomic E-state index is 9.83. The minimum atomic E-state index is -0.900. The van der Waals surface area contributed by atoms with Crippen molar-refractivity contribution in [2.45, 2.75) is 13.3 Å². The van der Waals surface area contributed by atoms with Crippen molar-refractivity contribution < 1.29 is 9.90 Å². The van der Waals surface area contributed by atoms with Gasteiger partial charge in [-0.2, -0.15) is 0 Å². The van der Waals surface area contributed by atoms with E-state index in [0.29, 0.717) is 6.42 Å². The van der Waals surface area contributed by atoms with Crippen molar-refractivity contribution in [2.24, 2.45) is 0 Å². The zero-order valence-corrected chi connectivity index (χ0v) is 6.39. The molecule has 0 atom stereocenters. The molecule has 0 unspecified atom stereocenters. The van der Waals surface area contributed by atoms with Crippen molar-refractivity contribution in [3.63, 3.8) is 0 Å². The molecule has 42 valence electrons. The largest absolute Gasteiger partial charge is 0.478 e. The van der Waals surface area contributed by atoms with Crippen molar-refractivity contribution in [3.8, 4) is 0 Å². The molecule has 0 bridgehead atoms. The molecule has 2 nitrogen and oxygen atoms in total. The van der Waals surface area contributed by atoms with Crippen LogP contribution in [0.3, 0.4) is 0 Å². The molecule has 0 amide bonds. The summed E-state index contributed by atoms with van der Waals surface area (Å²) in [4.78, 5) is 9.83. The number of rotatable bonds is 2. The summed E-state index contributed by atoms with van der Waals surface area (Å²) in [6.07, 6.45) is 0.523. The maximum Gasteiger partial charge on any atom is 0.330 e. The lowest BCUT2D eigenvalue weighted by Gasteiger charge is -1.87. The van der Waals surface area contributed by atoms with E-state index in [1.54, 1.807) is 6.92 Å². The average Bonchev–Trinajstić information content (AvgIpc) is 1.65. The first kappa shape index (κ1) is 10.9. The lowest BCUT2D eigenvalue weighted by molar-refractivity contribution is -0.132. The fourth-order valence-electron chi connectivity index (χ4n) is 0.151. The Morgan fingerprint density at radius 2 is 2.12 bits per heavy atom. The Labute approximate surface area is 64.7 Å². The first-order valence-electron chi connectivity index (χ1n) is 2.09. The summed E-state index contributed by atoms with van der Waals surface area (Å²) >= 11 is 0. The van der Waals surface area contributed by atoms with Gasteiger partial charge in [-0.05, 0) is 6.42 Å². The second-order valence-corrected chi connectivity index (χ2v) is 1.26. The van der Waals surface area contributed by atoms with Gasteiger partial charge in [-0.1, -0.05) is 13.5 Å². The quantitative estimate of drug-likeness (QED) is 0.434. The SMILES string of the molecule is C=C(CC)C(=O)O.[Mg]. The normalized spacial score (nSPS) is 7.12. The summed E-state index contributed by atoms with van der Waals surface area (Å²) in [5.41, 5.74) is 0.264. The number of hydrogen-bond donors (Lipinski definition) is 1. The Morgan fingerprint density at radius 1 is 1.75 bits per heavy atom. The van der Waals surface area contributed by atoms with Gasteiger partial charge < -0.3 is 5.11 Å². The fraction of sp³-hybridized carbons (Fsp3) is 0.400. The Morgan fingerprint density at radius 3 is 2.12 bits per heavy atom. The predicted molar refractivity (Wildman–Crippen MR) is 32.8 cm³/mol. The molecule has 0 rings (SSSR count). The van der Waals surface area contributed by atoms with Crippen LogP contribution in [-0.4, -0.2) is 34.1 Å². The van der Waals surface area contributed by atoms with Crippen molar-refractivity contribution in [2.75, 3.05) is 0 Å². The number of carboxylic acids is 1. The summed E-state index contributed by atoms with van der Waals surface area (Å²) in [5, 5.41) is 8.08. The minimum absolute atomic E-state index is 0. The lowest BCUT2D eigenvalue weighted by atomic mass is 10.2. The molecule has 0 aromatic rings. The Balaban J connectivity index is 0. The first-order valence-corrected chi connectivity index (χ1v) is 2.09. The molecule has 0 aliphatic heterocycles. The van der Waals surface area contributed by atoms with Crippen LogP contribution in [0, 0.1) is 0 Å². The third kappa shape index (κ3) is 4.14. The van der Waals surface area contributed by atoms with Crippen LogP contribution < -0.4 is 0 Å². The van der Waals surface area contributed by atoms with Crippen molar-refractivity contribution in [1.29, 1.82) is 0 Å². The van der Waals surface area contributed by atoms with Crippen molar-refractivity contribution in [3.05, 3.63) is 12.2 Å². The van der Waals surface area contributed by atoms with Crippen LogP contribution in [0.1, 0.15) is 13.3 Å². The molecule has 0 fully saturated rings. The van der Waals surface area contributed by atoms with E-state index in [-0.39, 0.29) is 28.6 Å². The fourth-order valence-corrected chi connectivity index (χ4v) is 0.151. The molecule has 0 aliphatic carbocycles. The van der Waals surface area contributed by atoms with Gasteiger partial charge in [0.1, 0.15) is 0 Å². The van der Waals surface area contributed by atoms with E-state index in [2.05, 4.69) is 6.58 Å². The summed E-state index contributed by atoms with van der Waals surface area (Å²) in [5.74, 6) is -0.900. The highest BCUT2D eigenvalue weighted by molar-refractivity contribution is 5.85. The molecule has 3 heteroatoms. The second-order valence-electron chi connectivity index (χ2n) is 1.26. The van der Waals surface area contributed by atoms with Gasteiger partial charge in [-0.25, -0.2) is 4.79 Å². The topological polar surface area (TPSA) is 37.3 Å². The average molecular weight is 124 g/mol. The van der Waals surface area contributed by atoms with Crippen LogP contribution in [0.4, 0.5) is 0 Å². The molecule has 2 radical (unpaired) electrons. The second kappa shape index (κ2) is 5.12. The van der Waals surface area contributed by atoms with Gasteiger partial charge in [-0.3, -0.25) is 0 Å². The van der Waals surface area contributed by atoms with Gasteiger partial charge in [0.25, 0.3) is 0 Å². The molecular formula is C5H8MgO2. The number of aliphatic carboxylic acids is 1. The Hall–Kier alpha value is -0.0238. The van der Waals surface area contributed by atoms with Crippen LogP contribution in [0.2, 0.25) is 0 Å². The third-order valence-electron chi connectivity index (χ3n) is 0.729. The van der Waals surface area contributed by atoms with Crippen LogP contribution in [0.25, 0.3) is 0 Å². The van der Waals surface area contributed by atoms with Crippen LogP contribution in [0.5, 0.6) is 0 Å². The smallest absolute Gasteiger partial charge is 0.330 e. The monoisotopic (exact) mass is 124 g/mol. The van der Waals surface area contributed by atoms with E-state index in [0.717, 1.165) is 0 Å². The van der Waals surface area contributed by atoms with Gasteiger partial charge in [-0.15, -0.1) is 0 Å². The van der Waals surface area contributed by atoms with Gasteiger partial charge >= 0.3 is 5.97 Å². The van der Waals surface area contributed by atoms with E-state index >= 15 is 0 Å². The summed E-state index contributed by atoms with van der Waals surface area (Å²) in [7, 11) is 0. The van der Waals surface area contributed by atoms with Gasteiger partial charge in [0.05, 0.1) is 0 Å². The summed E-state index contributed by atoms with van der Waals surface area (Å²) in [6.45, 7) is 5.03. The maximum absolute atomic E-state index is 9.83. The Kier molecular flexibility index (Phi) is 6.96. The van der Waals surface area contributed by atoms with E-state index in [1.807, 2.05) is 0 Å². The number of carbonyl (C=O) groups is 1. The summed E-state index contributed by atoms with van der Waals surface area (Å²) < 4.78 is 0. The highest BCUT2D eigenvalue weighted by atomic mass is 24.3.